The van der Waals surface area contributed by atoms with E-state index >= 15 is 0 Å². The Morgan fingerprint density at radius 2 is 2.45 bits per heavy atom. The van der Waals surface area contributed by atoms with Crippen LogP contribution in [0.25, 0.3) is 0 Å². The summed E-state index contributed by atoms with van der Waals surface area (Å²) in [6.45, 7) is 4.47. The van der Waals surface area contributed by atoms with E-state index in [0.717, 1.165) is 4.48 Å². The minimum atomic E-state index is -0.104. The number of halogens is 1. The molecule has 4 heteroatoms. The second-order valence-electron chi connectivity index (χ2n) is 1.88. The Hall–Kier alpha value is -0.350. The van der Waals surface area contributed by atoms with Gasteiger partial charge in [0.15, 0.2) is 0 Å². The number of nitrogens with two attached hydrogens (primary N) is 1. The van der Waals surface area contributed by atoms with Gasteiger partial charge in [0.1, 0.15) is 6.23 Å². The van der Waals surface area contributed by atoms with Crippen LogP contribution < -0.4 is 5.73 Å². The van der Waals surface area contributed by atoms with Crippen LogP contribution in [0.3, 0.4) is 0 Å². The summed E-state index contributed by atoms with van der Waals surface area (Å²) < 4.78 is 5.90. The lowest BCUT2D eigenvalue weighted by Gasteiger charge is -2.03. The normalized spacial score (nSPS) is 15.7. The first-order valence-corrected chi connectivity index (χ1v) is 4.22. The molecule has 0 aliphatic rings. The molecule has 0 spiro atoms. The fourth-order valence-electron chi connectivity index (χ4n) is 0.503. The minimum absolute atomic E-state index is 0.104. The third-order valence-corrected chi connectivity index (χ3v) is 1.44. The number of nitrogens with zero attached hydrogens (tertiary/aromatic N) is 1. The number of hydrogen-bond acceptors (Lipinski definition) is 3. The summed E-state index contributed by atoms with van der Waals surface area (Å²) in [5.74, 6) is 0. The van der Waals surface area contributed by atoms with Crippen molar-refractivity contribution >= 4 is 22.1 Å². The quantitative estimate of drug-likeness (QED) is 0.733. The van der Waals surface area contributed by atoms with Crippen molar-refractivity contribution in [2.24, 2.45) is 10.7 Å². The molecular weight excluding hydrogens is 208 g/mol. The Labute approximate surface area is 75.5 Å². The predicted octanol–water partition coefficient (Wildman–Crippen LogP) is 1.63. The molecule has 2 N–H and O–H groups in total. The zero-order chi connectivity index (χ0) is 8.69. The Morgan fingerprint density at radius 1 is 1.82 bits per heavy atom. The van der Waals surface area contributed by atoms with E-state index < -0.39 is 0 Å². The van der Waals surface area contributed by atoms with Gasteiger partial charge in [-0.05, 0) is 29.8 Å². The summed E-state index contributed by atoms with van der Waals surface area (Å²) in [4.78, 5) is 4.04. The lowest BCUT2D eigenvalue weighted by molar-refractivity contribution is 0.0836. The fourth-order valence-corrected chi connectivity index (χ4v) is 0.622. The molecule has 0 heterocycles. The molecule has 0 radical (unpaired) electrons. The number of aliphatic imine (C=N–C) groups is 1. The average molecular weight is 221 g/mol. The molecule has 0 amide bonds. The fraction of sp³-hybridized carbons (Fsp3) is 0.571. The average Bonchev–Trinajstić information content (AvgIpc) is 2.01. The monoisotopic (exact) mass is 220 g/mol. The van der Waals surface area contributed by atoms with Crippen LogP contribution in [-0.4, -0.2) is 19.0 Å². The van der Waals surface area contributed by atoms with Gasteiger partial charge >= 0.3 is 0 Å². The standard InChI is InChI=1S/C7H13BrN2O/c1-3-11-6(2)10-5-7(8)4-9/h4-6H,3,9H2,1-2H3/b7-4+,10-5+. The molecule has 0 aromatic heterocycles. The third-order valence-electron chi connectivity index (χ3n) is 0.975. The van der Waals surface area contributed by atoms with Gasteiger partial charge in [0, 0.05) is 19.0 Å². The number of ether oxygens (including phenoxy) is 1. The molecule has 0 saturated heterocycles. The highest BCUT2D eigenvalue weighted by Crippen LogP contribution is 1.99. The van der Waals surface area contributed by atoms with Gasteiger partial charge in [-0.1, -0.05) is 0 Å². The first kappa shape index (κ1) is 10.7. The molecule has 1 atom stereocenters. The number of allylic oxidation sites excluding steroid dienone is 1. The number of rotatable bonds is 4. The van der Waals surface area contributed by atoms with E-state index in [-0.39, 0.29) is 6.23 Å². The van der Waals surface area contributed by atoms with Crippen molar-refractivity contribution in [3.63, 3.8) is 0 Å². The Morgan fingerprint density at radius 3 is 2.91 bits per heavy atom. The molecule has 64 valence electrons. The van der Waals surface area contributed by atoms with E-state index in [9.17, 15) is 0 Å². The van der Waals surface area contributed by atoms with Crippen molar-refractivity contribution in [1.82, 2.24) is 0 Å². The van der Waals surface area contributed by atoms with Gasteiger partial charge in [-0.2, -0.15) is 0 Å². The molecular formula is C7H13BrN2O. The van der Waals surface area contributed by atoms with Crippen molar-refractivity contribution in [1.29, 1.82) is 0 Å². The van der Waals surface area contributed by atoms with E-state index in [1.807, 2.05) is 13.8 Å². The van der Waals surface area contributed by atoms with E-state index in [0.29, 0.717) is 6.61 Å². The molecule has 0 fully saturated rings. The second-order valence-corrected chi connectivity index (χ2v) is 2.80. The van der Waals surface area contributed by atoms with Crippen LogP contribution in [0.1, 0.15) is 13.8 Å². The van der Waals surface area contributed by atoms with Crippen LogP contribution >= 0.6 is 15.9 Å². The lowest BCUT2D eigenvalue weighted by Crippen LogP contribution is -2.04. The summed E-state index contributed by atoms with van der Waals surface area (Å²) >= 11 is 3.19. The van der Waals surface area contributed by atoms with Gasteiger partial charge in [-0.3, -0.25) is 4.99 Å². The van der Waals surface area contributed by atoms with Gasteiger partial charge < -0.3 is 10.5 Å². The Balaban J connectivity index is 3.72. The maximum atomic E-state index is 5.19. The molecule has 11 heavy (non-hydrogen) atoms. The van der Waals surface area contributed by atoms with Gasteiger partial charge in [-0.25, -0.2) is 0 Å². The summed E-state index contributed by atoms with van der Waals surface area (Å²) in [7, 11) is 0. The van der Waals surface area contributed by atoms with Crippen molar-refractivity contribution < 1.29 is 4.74 Å². The lowest BCUT2D eigenvalue weighted by atomic mass is 10.6. The molecule has 0 rings (SSSR count). The topological polar surface area (TPSA) is 47.6 Å². The highest BCUT2D eigenvalue weighted by atomic mass is 79.9. The van der Waals surface area contributed by atoms with Gasteiger partial charge in [0.05, 0.1) is 4.48 Å². The van der Waals surface area contributed by atoms with E-state index in [1.165, 1.54) is 6.20 Å². The van der Waals surface area contributed by atoms with Crippen molar-refractivity contribution in [2.75, 3.05) is 6.61 Å². The molecule has 1 unspecified atom stereocenters. The van der Waals surface area contributed by atoms with Crippen molar-refractivity contribution in [2.45, 2.75) is 20.1 Å². The smallest absolute Gasteiger partial charge is 0.145 e. The largest absolute Gasteiger partial charge is 0.404 e. The van der Waals surface area contributed by atoms with Gasteiger partial charge in [-0.15, -0.1) is 0 Å². The van der Waals surface area contributed by atoms with E-state index in [1.54, 1.807) is 6.21 Å². The molecule has 0 bridgehead atoms. The highest BCUT2D eigenvalue weighted by molar-refractivity contribution is 9.12. The summed E-state index contributed by atoms with van der Waals surface area (Å²) in [6.07, 6.45) is 2.95. The van der Waals surface area contributed by atoms with E-state index in [4.69, 9.17) is 10.5 Å². The molecule has 0 saturated carbocycles. The SMILES string of the molecule is CCOC(C)/N=C/C(Br)=C\N. The van der Waals surface area contributed by atoms with Crippen molar-refractivity contribution in [3.8, 4) is 0 Å². The second kappa shape index (κ2) is 6.37. The van der Waals surface area contributed by atoms with Crippen LogP contribution in [0, 0.1) is 0 Å². The van der Waals surface area contributed by atoms with Crippen LogP contribution in [0.4, 0.5) is 0 Å². The highest BCUT2D eigenvalue weighted by Gasteiger charge is 1.93. The zero-order valence-corrected chi connectivity index (χ0v) is 8.34. The molecule has 0 aromatic rings. The first-order valence-electron chi connectivity index (χ1n) is 3.42. The van der Waals surface area contributed by atoms with Crippen LogP contribution in [0.15, 0.2) is 15.7 Å². The van der Waals surface area contributed by atoms with E-state index in [2.05, 4.69) is 20.9 Å². The summed E-state index contributed by atoms with van der Waals surface area (Å²) in [5, 5.41) is 0. The Kier molecular flexibility index (Phi) is 6.16. The predicted molar refractivity (Wildman–Crippen MR) is 50.8 cm³/mol. The van der Waals surface area contributed by atoms with Gasteiger partial charge in [0.25, 0.3) is 0 Å². The van der Waals surface area contributed by atoms with Crippen LogP contribution in [0.5, 0.6) is 0 Å². The van der Waals surface area contributed by atoms with Crippen LogP contribution in [-0.2, 0) is 4.74 Å². The maximum Gasteiger partial charge on any atom is 0.145 e. The van der Waals surface area contributed by atoms with Gasteiger partial charge in [0.2, 0.25) is 0 Å². The van der Waals surface area contributed by atoms with Crippen molar-refractivity contribution in [3.05, 3.63) is 10.7 Å². The van der Waals surface area contributed by atoms with Crippen LogP contribution in [0.2, 0.25) is 0 Å². The zero-order valence-electron chi connectivity index (χ0n) is 6.75. The summed E-state index contributed by atoms with van der Waals surface area (Å²) in [5.41, 5.74) is 5.19. The summed E-state index contributed by atoms with van der Waals surface area (Å²) in [6, 6.07) is 0. The molecule has 3 nitrogen and oxygen atoms in total. The molecule has 0 aromatic carbocycles. The minimum Gasteiger partial charge on any atom is -0.404 e. The molecule has 0 aliphatic heterocycles. The Bertz CT molecular complexity index is 157. The molecule has 0 aliphatic carbocycles. The first-order chi connectivity index (χ1) is 5.20. The number of hydrogen-bond donors (Lipinski definition) is 1. The maximum absolute atomic E-state index is 5.19. The third kappa shape index (κ3) is 6.06.